The minimum atomic E-state index is -0.297. The van der Waals surface area contributed by atoms with Crippen molar-refractivity contribution in [1.29, 1.82) is 0 Å². The Morgan fingerprint density at radius 2 is 1.77 bits per heavy atom. The Morgan fingerprint density at radius 3 is 2.50 bits per heavy atom. The molecule has 1 aromatic heterocycles. The van der Waals surface area contributed by atoms with Gasteiger partial charge in [0.1, 0.15) is 0 Å². The van der Waals surface area contributed by atoms with Gasteiger partial charge in [0.25, 0.3) is 0 Å². The summed E-state index contributed by atoms with van der Waals surface area (Å²) in [4.78, 5) is 12.0. The third-order valence-corrected chi connectivity index (χ3v) is 4.29. The van der Waals surface area contributed by atoms with Crippen LogP contribution in [-0.2, 0) is 13.1 Å². The second-order valence-electron chi connectivity index (χ2n) is 5.94. The number of carbonyl (C=O) groups excluding carboxylic acids is 1. The molecule has 2 amide bonds. The van der Waals surface area contributed by atoms with E-state index in [9.17, 15) is 4.79 Å². The highest BCUT2D eigenvalue weighted by molar-refractivity contribution is 6.30. The van der Waals surface area contributed by atoms with Crippen LogP contribution in [0.5, 0.6) is 0 Å². The summed E-state index contributed by atoms with van der Waals surface area (Å²) in [5, 5.41) is 17.9. The molecule has 0 aliphatic carbocycles. The SMILES string of the molecule is Cc1ccc(-n2nnnc2CNC(=O)NCc2ccc(Cl)cc2)cc1C. The largest absolute Gasteiger partial charge is 0.334 e. The van der Waals surface area contributed by atoms with E-state index < -0.39 is 0 Å². The molecular weight excluding hydrogens is 352 g/mol. The first-order chi connectivity index (χ1) is 12.5. The summed E-state index contributed by atoms with van der Waals surface area (Å²) in [6, 6.07) is 13.0. The van der Waals surface area contributed by atoms with E-state index >= 15 is 0 Å². The molecule has 26 heavy (non-hydrogen) atoms. The maximum atomic E-state index is 12.0. The van der Waals surface area contributed by atoms with Crippen LogP contribution in [0.15, 0.2) is 42.5 Å². The van der Waals surface area contributed by atoms with Crippen LogP contribution < -0.4 is 10.6 Å². The summed E-state index contributed by atoms with van der Waals surface area (Å²) in [5.41, 5.74) is 4.17. The molecule has 3 aromatic rings. The molecule has 0 radical (unpaired) electrons. The number of halogens is 1. The lowest BCUT2D eigenvalue weighted by molar-refractivity contribution is 0.240. The molecule has 0 unspecified atom stereocenters. The standard InChI is InChI=1S/C18H19ClN6O/c1-12-3-8-16(9-13(12)2)25-17(22-23-24-25)11-21-18(26)20-10-14-4-6-15(19)7-5-14/h3-9H,10-11H2,1-2H3,(H2,20,21,26). The van der Waals surface area contributed by atoms with E-state index in [2.05, 4.69) is 26.2 Å². The molecule has 2 N–H and O–H groups in total. The Bertz CT molecular complexity index is 906. The highest BCUT2D eigenvalue weighted by Gasteiger charge is 2.10. The predicted molar refractivity (Wildman–Crippen MR) is 99.2 cm³/mol. The number of amides is 2. The van der Waals surface area contributed by atoms with E-state index in [1.54, 1.807) is 16.8 Å². The zero-order valence-electron chi connectivity index (χ0n) is 14.5. The molecule has 0 atom stereocenters. The molecule has 3 rings (SSSR count). The van der Waals surface area contributed by atoms with Crippen LogP contribution in [0.25, 0.3) is 5.69 Å². The van der Waals surface area contributed by atoms with Crippen LogP contribution in [0.1, 0.15) is 22.5 Å². The Hall–Kier alpha value is -2.93. The van der Waals surface area contributed by atoms with Crippen molar-refractivity contribution in [2.45, 2.75) is 26.9 Å². The van der Waals surface area contributed by atoms with Crippen molar-refractivity contribution in [2.24, 2.45) is 0 Å². The number of rotatable bonds is 5. The van der Waals surface area contributed by atoms with Gasteiger partial charge in [0.15, 0.2) is 5.82 Å². The van der Waals surface area contributed by atoms with Crippen molar-refractivity contribution < 1.29 is 4.79 Å². The average Bonchev–Trinajstić information content (AvgIpc) is 3.10. The maximum absolute atomic E-state index is 12.0. The van der Waals surface area contributed by atoms with E-state index in [-0.39, 0.29) is 12.6 Å². The van der Waals surface area contributed by atoms with Crippen LogP contribution >= 0.6 is 11.6 Å². The predicted octanol–water partition coefficient (Wildman–Crippen LogP) is 2.93. The number of hydrogen-bond acceptors (Lipinski definition) is 4. The van der Waals surface area contributed by atoms with Gasteiger partial charge in [0.2, 0.25) is 0 Å². The van der Waals surface area contributed by atoms with Gasteiger partial charge in [-0.15, -0.1) is 5.10 Å². The van der Waals surface area contributed by atoms with Crippen molar-refractivity contribution >= 4 is 17.6 Å². The maximum Gasteiger partial charge on any atom is 0.315 e. The summed E-state index contributed by atoms with van der Waals surface area (Å²) in [7, 11) is 0. The highest BCUT2D eigenvalue weighted by atomic mass is 35.5. The third-order valence-electron chi connectivity index (χ3n) is 4.04. The molecule has 2 aromatic carbocycles. The van der Waals surface area contributed by atoms with E-state index in [4.69, 9.17) is 11.6 Å². The number of tetrazole rings is 1. The molecule has 0 bridgehead atoms. The van der Waals surface area contributed by atoms with Crippen molar-refractivity contribution in [2.75, 3.05) is 0 Å². The molecular formula is C18H19ClN6O. The molecule has 0 fully saturated rings. The average molecular weight is 371 g/mol. The number of aryl methyl sites for hydroxylation is 2. The van der Waals surface area contributed by atoms with Crippen molar-refractivity contribution in [1.82, 2.24) is 30.8 Å². The number of urea groups is 1. The first-order valence-corrected chi connectivity index (χ1v) is 8.52. The number of nitrogens with zero attached hydrogens (tertiary/aromatic N) is 4. The second-order valence-corrected chi connectivity index (χ2v) is 6.37. The molecule has 8 heteroatoms. The van der Waals surface area contributed by atoms with Gasteiger partial charge in [-0.05, 0) is 65.2 Å². The normalized spacial score (nSPS) is 10.6. The van der Waals surface area contributed by atoms with Crippen LogP contribution in [0.3, 0.4) is 0 Å². The Labute approximate surface area is 156 Å². The van der Waals surface area contributed by atoms with Crippen LogP contribution in [-0.4, -0.2) is 26.2 Å². The van der Waals surface area contributed by atoms with Gasteiger partial charge in [0.05, 0.1) is 12.2 Å². The lowest BCUT2D eigenvalue weighted by Gasteiger charge is -2.09. The van der Waals surface area contributed by atoms with Crippen LogP contribution in [0.2, 0.25) is 5.02 Å². The number of nitrogens with one attached hydrogen (secondary N) is 2. The van der Waals surface area contributed by atoms with Crippen molar-refractivity contribution in [3.05, 3.63) is 70.0 Å². The summed E-state index contributed by atoms with van der Waals surface area (Å²) < 4.78 is 1.62. The van der Waals surface area contributed by atoms with Gasteiger partial charge < -0.3 is 10.6 Å². The minimum absolute atomic E-state index is 0.215. The van der Waals surface area contributed by atoms with Crippen LogP contribution in [0.4, 0.5) is 4.79 Å². The Balaban J connectivity index is 1.58. The van der Waals surface area contributed by atoms with Gasteiger partial charge in [-0.25, -0.2) is 4.79 Å². The molecule has 0 spiro atoms. The number of aromatic nitrogens is 4. The fourth-order valence-electron chi connectivity index (χ4n) is 2.38. The molecule has 0 aliphatic rings. The molecule has 0 saturated carbocycles. The van der Waals surface area contributed by atoms with E-state index in [1.807, 2.05) is 44.2 Å². The summed E-state index contributed by atoms with van der Waals surface area (Å²) in [6.45, 7) is 4.70. The Morgan fingerprint density at radius 1 is 1.04 bits per heavy atom. The van der Waals surface area contributed by atoms with Crippen LogP contribution in [0, 0.1) is 13.8 Å². The second kappa shape index (κ2) is 7.97. The number of carbonyl (C=O) groups is 1. The first kappa shape index (κ1) is 17.9. The fraction of sp³-hybridized carbons (Fsp3) is 0.222. The fourth-order valence-corrected chi connectivity index (χ4v) is 2.51. The van der Waals surface area contributed by atoms with Gasteiger partial charge in [-0.2, -0.15) is 4.68 Å². The molecule has 7 nitrogen and oxygen atoms in total. The minimum Gasteiger partial charge on any atom is -0.334 e. The van der Waals surface area contributed by atoms with Gasteiger partial charge in [-0.1, -0.05) is 29.8 Å². The quantitative estimate of drug-likeness (QED) is 0.723. The third kappa shape index (κ3) is 4.37. The smallest absolute Gasteiger partial charge is 0.315 e. The molecule has 1 heterocycles. The lowest BCUT2D eigenvalue weighted by Crippen LogP contribution is -2.35. The monoisotopic (exact) mass is 370 g/mol. The summed E-state index contributed by atoms with van der Waals surface area (Å²) in [5.74, 6) is 0.551. The molecule has 0 aliphatic heterocycles. The van der Waals surface area contributed by atoms with Crippen molar-refractivity contribution in [3.63, 3.8) is 0 Å². The van der Waals surface area contributed by atoms with Gasteiger partial charge >= 0.3 is 6.03 Å². The van der Waals surface area contributed by atoms with E-state index in [0.717, 1.165) is 16.8 Å². The topological polar surface area (TPSA) is 84.7 Å². The van der Waals surface area contributed by atoms with E-state index in [0.29, 0.717) is 17.4 Å². The van der Waals surface area contributed by atoms with Crippen molar-refractivity contribution in [3.8, 4) is 5.69 Å². The highest BCUT2D eigenvalue weighted by Crippen LogP contribution is 2.14. The number of hydrogen-bond donors (Lipinski definition) is 2. The van der Waals surface area contributed by atoms with E-state index in [1.165, 1.54) is 5.56 Å². The van der Waals surface area contributed by atoms with Gasteiger partial charge in [0, 0.05) is 11.6 Å². The summed E-state index contributed by atoms with van der Waals surface area (Å²) in [6.07, 6.45) is 0. The first-order valence-electron chi connectivity index (χ1n) is 8.14. The zero-order chi connectivity index (χ0) is 18.5. The molecule has 134 valence electrons. The lowest BCUT2D eigenvalue weighted by atomic mass is 10.1. The Kier molecular flexibility index (Phi) is 5.48. The number of benzene rings is 2. The zero-order valence-corrected chi connectivity index (χ0v) is 15.3. The molecule has 0 saturated heterocycles. The van der Waals surface area contributed by atoms with Gasteiger partial charge in [-0.3, -0.25) is 0 Å². The summed E-state index contributed by atoms with van der Waals surface area (Å²) >= 11 is 5.84.